The highest BCUT2D eigenvalue weighted by atomic mass is 19.1. The number of urea groups is 1. The number of hydrogen-bond donors (Lipinski definition) is 3. The summed E-state index contributed by atoms with van der Waals surface area (Å²) in [6.07, 6.45) is -1.28. The van der Waals surface area contributed by atoms with Gasteiger partial charge in [-0.2, -0.15) is 0 Å². The van der Waals surface area contributed by atoms with E-state index in [1.807, 2.05) is 0 Å². The molecule has 1 saturated heterocycles. The van der Waals surface area contributed by atoms with Crippen LogP contribution < -0.4 is 10.6 Å². The molecule has 1 aliphatic rings. The van der Waals surface area contributed by atoms with Crippen LogP contribution in [0.5, 0.6) is 0 Å². The standard InChI is InChI=1S/C17H15FN2O3/c1-17(15(22)19-16(23)20-17)14(21)13-8-3-2-7-12(13)10-5-4-6-11(18)9-10/h2-9,14,21H,1H3,(H2,19,20,22,23). The molecule has 2 aromatic rings. The molecular weight excluding hydrogens is 299 g/mol. The van der Waals surface area contributed by atoms with E-state index >= 15 is 0 Å². The number of imide groups is 1. The van der Waals surface area contributed by atoms with Gasteiger partial charge in [0.2, 0.25) is 0 Å². The molecule has 0 aromatic heterocycles. The molecule has 6 heteroatoms. The highest BCUT2D eigenvalue weighted by molar-refractivity contribution is 6.07. The number of halogens is 1. The van der Waals surface area contributed by atoms with Gasteiger partial charge in [0.15, 0.2) is 0 Å². The van der Waals surface area contributed by atoms with E-state index in [4.69, 9.17) is 0 Å². The average molecular weight is 314 g/mol. The third kappa shape index (κ3) is 2.57. The van der Waals surface area contributed by atoms with Gasteiger partial charge in [-0.05, 0) is 35.7 Å². The maximum atomic E-state index is 13.5. The van der Waals surface area contributed by atoms with Gasteiger partial charge in [0, 0.05) is 0 Å². The van der Waals surface area contributed by atoms with E-state index in [2.05, 4.69) is 10.6 Å². The lowest BCUT2D eigenvalue weighted by molar-refractivity contribution is -0.127. The lowest BCUT2D eigenvalue weighted by Crippen LogP contribution is -2.49. The highest BCUT2D eigenvalue weighted by Crippen LogP contribution is 2.35. The Morgan fingerprint density at radius 3 is 2.52 bits per heavy atom. The zero-order valence-corrected chi connectivity index (χ0v) is 12.3. The van der Waals surface area contributed by atoms with E-state index in [-0.39, 0.29) is 0 Å². The summed E-state index contributed by atoms with van der Waals surface area (Å²) >= 11 is 0. The third-order valence-electron chi connectivity index (χ3n) is 4.01. The molecule has 0 aliphatic carbocycles. The predicted molar refractivity (Wildman–Crippen MR) is 81.9 cm³/mol. The minimum absolute atomic E-state index is 0.398. The second kappa shape index (κ2) is 5.48. The highest BCUT2D eigenvalue weighted by Gasteiger charge is 2.48. The quantitative estimate of drug-likeness (QED) is 0.759. The van der Waals surface area contributed by atoms with E-state index in [1.54, 1.807) is 36.4 Å². The van der Waals surface area contributed by atoms with Gasteiger partial charge in [-0.15, -0.1) is 0 Å². The third-order valence-corrected chi connectivity index (χ3v) is 4.01. The van der Waals surface area contributed by atoms with Crippen LogP contribution in [0, 0.1) is 5.82 Å². The van der Waals surface area contributed by atoms with Crippen LogP contribution in [0.2, 0.25) is 0 Å². The van der Waals surface area contributed by atoms with Gasteiger partial charge in [-0.3, -0.25) is 10.1 Å². The second-order valence-electron chi connectivity index (χ2n) is 5.61. The van der Waals surface area contributed by atoms with Crippen LogP contribution in [0.15, 0.2) is 48.5 Å². The molecule has 0 spiro atoms. The molecule has 118 valence electrons. The molecule has 3 rings (SSSR count). The van der Waals surface area contributed by atoms with Crippen molar-refractivity contribution in [1.29, 1.82) is 0 Å². The molecule has 2 aromatic carbocycles. The molecular formula is C17H15FN2O3. The Kier molecular flexibility index (Phi) is 3.61. The molecule has 5 nitrogen and oxygen atoms in total. The fourth-order valence-electron chi connectivity index (χ4n) is 2.71. The maximum Gasteiger partial charge on any atom is 0.322 e. The van der Waals surface area contributed by atoms with Crippen molar-refractivity contribution in [3.63, 3.8) is 0 Å². The largest absolute Gasteiger partial charge is 0.385 e. The Balaban J connectivity index is 2.07. The zero-order chi connectivity index (χ0) is 16.6. The summed E-state index contributed by atoms with van der Waals surface area (Å²) in [6, 6.07) is 12.1. The molecule has 0 saturated carbocycles. The van der Waals surface area contributed by atoms with Crippen LogP contribution in [0.3, 0.4) is 0 Å². The lowest BCUT2D eigenvalue weighted by atomic mass is 9.85. The van der Waals surface area contributed by atoms with Crippen LogP contribution >= 0.6 is 0 Å². The van der Waals surface area contributed by atoms with Crippen LogP contribution in [0.25, 0.3) is 11.1 Å². The van der Waals surface area contributed by atoms with Gasteiger partial charge in [0.1, 0.15) is 17.5 Å². The number of aliphatic hydroxyl groups excluding tert-OH is 1. The van der Waals surface area contributed by atoms with Crippen molar-refractivity contribution in [2.75, 3.05) is 0 Å². The molecule has 2 atom stereocenters. The van der Waals surface area contributed by atoms with Crippen molar-refractivity contribution >= 4 is 11.9 Å². The number of aliphatic hydroxyl groups is 1. The number of rotatable bonds is 3. The molecule has 0 radical (unpaired) electrons. The first-order valence-electron chi connectivity index (χ1n) is 7.08. The van der Waals surface area contributed by atoms with Crippen LogP contribution in [0.1, 0.15) is 18.6 Å². The normalized spacial score (nSPS) is 21.7. The van der Waals surface area contributed by atoms with E-state index in [1.165, 1.54) is 19.1 Å². The average Bonchev–Trinajstić information content (AvgIpc) is 2.80. The molecule has 1 fully saturated rings. The maximum absolute atomic E-state index is 13.5. The van der Waals surface area contributed by atoms with E-state index < -0.39 is 29.4 Å². The van der Waals surface area contributed by atoms with Crippen molar-refractivity contribution in [3.05, 3.63) is 59.9 Å². The molecule has 23 heavy (non-hydrogen) atoms. The van der Waals surface area contributed by atoms with Gasteiger partial charge in [-0.1, -0.05) is 36.4 Å². The van der Waals surface area contributed by atoms with Crippen molar-refractivity contribution in [3.8, 4) is 11.1 Å². The van der Waals surface area contributed by atoms with Gasteiger partial charge in [-0.25, -0.2) is 9.18 Å². The molecule has 3 N–H and O–H groups in total. The fraction of sp³-hybridized carbons (Fsp3) is 0.176. The van der Waals surface area contributed by atoms with Crippen LogP contribution in [-0.2, 0) is 4.79 Å². The molecule has 2 unspecified atom stereocenters. The number of carbonyl (C=O) groups is 2. The fourth-order valence-corrected chi connectivity index (χ4v) is 2.71. The number of nitrogens with one attached hydrogen (secondary N) is 2. The topological polar surface area (TPSA) is 78.4 Å². The van der Waals surface area contributed by atoms with E-state index in [9.17, 15) is 19.1 Å². The lowest BCUT2D eigenvalue weighted by Gasteiger charge is -2.28. The monoisotopic (exact) mass is 314 g/mol. The SMILES string of the molecule is CC1(C(O)c2ccccc2-c2cccc(F)c2)NC(=O)NC1=O. The number of carbonyl (C=O) groups excluding carboxylic acids is 2. The predicted octanol–water partition coefficient (Wildman–Crippen LogP) is 2.12. The summed E-state index contributed by atoms with van der Waals surface area (Å²) in [7, 11) is 0. The molecule has 0 bridgehead atoms. The van der Waals surface area contributed by atoms with Gasteiger partial charge in [0.05, 0.1) is 0 Å². The summed E-state index contributed by atoms with van der Waals surface area (Å²) in [4.78, 5) is 23.4. The first kappa shape index (κ1) is 15.2. The van der Waals surface area contributed by atoms with Crippen LogP contribution in [-0.4, -0.2) is 22.6 Å². The summed E-state index contributed by atoms with van der Waals surface area (Å²) in [5.74, 6) is -1.01. The summed E-state index contributed by atoms with van der Waals surface area (Å²) in [6.45, 7) is 1.44. The summed E-state index contributed by atoms with van der Waals surface area (Å²) < 4.78 is 13.5. The number of benzene rings is 2. The first-order chi connectivity index (χ1) is 10.9. The van der Waals surface area contributed by atoms with Crippen molar-refractivity contribution in [2.24, 2.45) is 0 Å². The van der Waals surface area contributed by atoms with Crippen LogP contribution in [0.4, 0.5) is 9.18 Å². The summed E-state index contributed by atoms with van der Waals surface area (Å²) in [5, 5.41) is 15.3. The van der Waals surface area contributed by atoms with Crippen molar-refractivity contribution < 1.29 is 19.1 Å². The minimum atomic E-state index is -1.49. The van der Waals surface area contributed by atoms with Crippen molar-refractivity contribution in [2.45, 2.75) is 18.6 Å². The zero-order valence-electron chi connectivity index (χ0n) is 12.3. The van der Waals surface area contributed by atoms with E-state index in [0.717, 1.165) is 0 Å². The second-order valence-corrected chi connectivity index (χ2v) is 5.61. The molecule has 1 aliphatic heterocycles. The Morgan fingerprint density at radius 1 is 1.13 bits per heavy atom. The van der Waals surface area contributed by atoms with Gasteiger partial charge < -0.3 is 10.4 Å². The minimum Gasteiger partial charge on any atom is -0.385 e. The van der Waals surface area contributed by atoms with Gasteiger partial charge in [0.25, 0.3) is 5.91 Å². The number of amides is 3. The van der Waals surface area contributed by atoms with Crippen molar-refractivity contribution in [1.82, 2.24) is 10.6 Å². The smallest absolute Gasteiger partial charge is 0.322 e. The Bertz CT molecular complexity index is 793. The Morgan fingerprint density at radius 2 is 1.87 bits per heavy atom. The Hall–Kier alpha value is -2.73. The molecule has 1 heterocycles. The van der Waals surface area contributed by atoms with E-state index in [0.29, 0.717) is 16.7 Å². The molecule has 3 amide bonds. The van der Waals surface area contributed by atoms with Gasteiger partial charge >= 0.3 is 6.03 Å². The first-order valence-corrected chi connectivity index (χ1v) is 7.08. The number of hydrogen-bond acceptors (Lipinski definition) is 3. The Labute approximate surface area is 132 Å². The summed E-state index contributed by atoms with van der Waals surface area (Å²) in [5.41, 5.74) is 0.112.